The standard InChI is InChI=1S/C12H26N2O3S.ClH/c1-11(17-3)10-18(15,16)14-8-5-12(6-9-14)4-7-13-2;/h11-13H,4-10H2,1-3H3;1H. The summed E-state index contributed by atoms with van der Waals surface area (Å²) in [5.41, 5.74) is 0. The third-order valence-corrected chi connectivity index (χ3v) is 5.66. The molecule has 7 heteroatoms. The summed E-state index contributed by atoms with van der Waals surface area (Å²) in [6.45, 7) is 4.12. The Hall–Kier alpha value is 0.120. The van der Waals surface area contributed by atoms with Crippen molar-refractivity contribution < 1.29 is 13.2 Å². The summed E-state index contributed by atoms with van der Waals surface area (Å²) in [6.07, 6.45) is 2.85. The summed E-state index contributed by atoms with van der Waals surface area (Å²) >= 11 is 0. The highest BCUT2D eigenvalue weighted by Gasteiger charge is 2.28. The summed E-state index contributed by atoms with van der Waals surface area (Å²) in [4.78, 5) is 0. The van der Waals surface area contributed by atoms with Crippen LogP contribution < -0.4 is 5.32 Å². The van der Waals surface area contributed by atoms with E-state index in [-0.39, 0.29) is 24.3 Å². The maximum Gasteiger partial charge on any atom is 0.216 e. The minimum Gasteiger partial charge on any atom is -0.381 e. The van der Waals surface area contributed by atoms with Gasteiger partial charge in [0.05, 0.1) is 11.9 Å². The monoisotopic (exact) mass is 314 g/mol. The summed E-state index contributed by atoms with van der Waals surface area (Å²) in [5.74, 6) is 0.744. The first-order valence-electron chi connectivity index (χ1n) is 6.64. The fourth-order valence-corrected chi connectivity index (χ4v) is 4.00. The summed E-state index contributed by atoms with van der Waals surface area (Å²) in [6, 6.07) is 0. The van der Waals surface area contributed by atoms with Gasteiger partial charge < -0.3 is 10.1 Å². The van der Waals surface area contributed by atoms with Crippen molar-refractivity contribution in [3.8, 4) is 0 Å². The number of rotatable bonds is 7. The zero-order chi connectivity index (χ0) is 13.6. The van der Waals surface area contributed by atoms with Crippen LogP contribution in [0.25, 0.3) is 0 Å². The zero-order valence-corrected chi connectivity index (χ0v) is 13.7. The topological polar surface area (TPSA) is 58.6 Å². The van der Waals surface area contributed by atoms with E-state index < -0.39 is 10.0 Å². The highest BCUT2D eigenvalue weighted by atomic mass is 35.5. The molecule has 116 valence electrons. The Morgan fingerprint density at radius 1 is 1.37 bits per heavy atom. The van der Waals surface area contributed by atoms with Crippen LogP contribution in [0, 0.1) is 5.92 Å². The molecular weight excluding hydrogens is 288 g/mol. The molecule has 1 aliphatic heterocycles. The molecule has 0 aromatic rings. The van der Waals surface area contributed by atoms with Crippen LogP contribution in [0.3, 0.4) is 0 Å². The zero-order valence-electron chi connectivity index (χ0n) is 12.1. The summed E-state index contributed by atoms with van der Waals surface area (Å²) < 4.78 is 30.9. The SMILES string of the molecule is CNCCC1CCN(S(=O)(=O)CC(C)OC)CC1.Cl. The van der Waals surface area contributed by atoms with E-state index in [9.17, 15) is 8.42 Å². The van der Waals surface area contributed by atoms with Crippen LogP contribution in [-0.4, -0.2) is 58.4 Å². The van der Waals surface area contributed by atoms with Gasteiger partial charge in [0, 0.05) is 20.2 Å². The molecule has 0 radical (unpaired) electrons. The lowest BCUT2D eigenvalue weighted by Gasteiger charge is -2.31. The molecule has 1 saturated heterocycles. The second-order valence-corrected chi connectivity index (χ2v) is 7.07. The van der Waals surface area contributed by atoms with E-state index >= 15 is 0 Å². The minimum absolute atomic E-state index is 0. The summed E-state index contributed by atoms with van der Waals surface area (Å²) in [7, 11) is 0.350. The van der Waals surface area contributed by atoms with Gasteiger partial charge in [-0.15, -0.1) is 12.4 Å². The van der Waals surface area contributed by atoms with E-state index in [2.05, 4.69) is 5.32 Å². The number of ether oxygens (including phenoxy) is 1. The molecule has 0 aromatic carbocycles. The molecule has 0 saturated carbocycles. The molecule has 0 bridgehead atoms. The smallest absolute Gasteiger partial charge is 0.216 e. The first-order chi connectivity index (χ1) is 8.49. The number of nitrogens with one attached hydrogen (secondary N) is 1. The lowest BCUT2D eigenvalue weighted by Crippen LogP contribution is -2.42. The van der Waals surface area contributed by atoms with Crippen molar-refractivity contribution in [2.75, 3.05) is 39.5 Å². The Morgan fingerprint density at radius 3 is 2.42 bits per heavy atom. The van der Waals surface area contributed by atoms with Gasteiger partial charge in [0.15, 0.2) is 0 Å². The fraction of sp³-hybridized carbons (Fsp3) is 1.00. The van der Waals surface area contributed by atoms with Gasteiger partial charge >= 0.3 is 0 Å². The van der Waals surface area contributed by atoms with Gasteiger partial charge in [0.2, 0.25) is 10.0 Å². The Labute approximate surface area is 123 Å². The van der Waals surface area contributed by atoms with E-state index in [0.29, 0.717) is 19.0 Å². The highest BCUT2D eigenvalue weighted by molar-refractivity contribution is 7.89. The number of nitrogens with zero attached hydrogens (tertiary/aromatic N) is 1. The minimum atomic E-state index is -3.15. The predicted molar refractivity (Wildman–Crippen MR) is 80.3 cm³/mol. The molecule has 5 nitrogen and oxygen atoms in total. The Morgan fingerprint density at radius 2 is 1.95 bits per heavy atom. The molecule has 1 heterocycles. The van der Waals surface area contributed by atoms with Crippen LogP contribution in [-0.2, 0) is 14.8 Å². The maximum atomic E-state index is 12.1. The van der Waals surface area contributed by atoms with Crippen LogP contribution in [0.15, 0.2) is 0 Å². The van der Waals surface area contributed by atoms with Crippen LogP contribution >= 0.6 is 12.4 Å². The molecule has 0 aromatic heterocycles. The summed E-state index contributed by atoms with van der Waals surface area (Å²) in [5, 5.41) is 3.14. The highest BCUT2D eigenvalue weighted by Crippen LogP contribution is 2.22. The van der Waals surface area contributed by atoms with Gasteiger partial charge in [-0.2, -0.15) is 0 Å². The molecule has 19 heavy (non-hydrogen) atoms. The Balaban J connectivity index is 0.00000324. The van der Waals surface area contributed by atoms with Crippen LogP contribution in [0.2, 0.25) is 0 Å². The van der Waals surface area contributed by atoms with E-state index in [1.807, 2.05) is 7.05 Å². The molecule has 1 unspecified atom stereocenters. The Kier molecular flexibility index (Phi) is 9.19. The van der Waals surface area contributed by atoms with Crippen molar-refractivity contribution in [2.45, 2.75) is 32.3 Å². The molecule has 0 spiro atoms. The average Bonchev–Trinajstić information content (AvgIpc) is 2.36. The van der Waals surface area contributed by atoms with Gasteiger partial charge in [-0.3, -0.25) is 0 Å². The molecule has 1 atom stereocenters. The van der Waals surface area contributed by atoms with Crippen molar-refractivity contribution in [1.82, 2.24) is 9.62 Å². The number of hydrogen-bond donors (Lipinski definition) is 1. The molecule has 1 aliphatic rings. The van der Waals surface area contributed by atoms with Gasteiger partial charge in [-0.05, 0) is 45.7 Å². The maximum absolute atomic E-state index is 12.1. The lowest BCUT2D eigenvalue weighted by atomic mass is 9.95. The normalized spacial score (nSPS) is 19.9. The van der Waals surface area contributed by atoms with Gasteiger partial charge in [-0.1, -0.05) is 0 Å². The van der Waals surface area contributed by atoms with Gasteiger partial charge in [0.25, 0.3) is 0 Å². The number of methoxy groups -OCH3 is 1. The van der Waals surface area contributed by atoms with Crippen LogP contribution in [0.5, 0.6) is 0 Å². The number of halogens is 1. The third kappa shape index (κ3) is 6.40. The van der Waals surface area contributed by atoms with E-state index in [4.69, 9.17) is 4.74 Å². The van der Waals surface area contributed by atoms with Crippen LogP contribution in [0.4, 0.5) is 0 Å². The fourth-order valence-electron chi connectivity index (χ4n) is 2.29. The predicted octanol–water partition coefficient (Wildman–Crippen LogP) is 1.09. The van der Waals surface area contributed by atoms with Crippen molar-refractivity contribution >= 4 is 22.4 Å². The van der Waals surface area contributed by atoms with Crippen molar-refractivity contribution in [2.24, 2.45) is 5.92 Å². The second-order valence-electron chi connectivity index (χ2n) is 5.06. The number of sulfonamides is 1. The molecule has 1 fully saturated rings. The molecule has 0 amide bonds. The lowest BCUT2D eigenvalue weighted by molar-refractivity contribution is 0.134. The quantitative estimate of drug-likeness (QED) is 0.764. The van der Waals surface area contributed by atoms with Gasteiger partial charge in [-0.25, -0.2) is 12.7 Å². The first-order valence-corrected chi connectivity index (χ1v) is 8.25. The van der Waals surface area contributed by atoms with Gasteiger partial charge in [0.1, 0.15) is 0 Å². The first kappa shape index (κ1) is 19.1. The van der Waals surface area contributed by atoms with Crippen molar-refractivity contribution in [3.63, 3.8) is 0 Å². The largest absolute Gasteiger partial charge is 0.381 e. The second kappa shape index (κ2) is 9.13. The van der Waals surface area contributed by atoms with E-state index in [1.165, 1.54) is 0 Å². The third-order valence-electron chi connectivity index (χ3n) is 3.62. The van der Waals surface area contributed by atoms with E-state index in [1.54, 1.807) is 18.3 Å². The van der Waals surface area contributed by atoms with Crippen molar-refractivity contribution in [3.05, 3.63) is 0 Å². The average molecular weight is 315 g/mol. The van der Waals surface area contributed by atoms with Crippen LogP contribution in [0.1, 0.15) is 26.2 Å². The van der Waals surface area contributed by atoms with Crippen molar-refractivity contribution in [1.29, 1.82) is 0 Å². The molecular formula is C12H27ClN2O3S. The molecule has 1 rings (SSSR count). The molecule has 0 aliphatic carbocycles. The van der Waals surface area contributed by atoms with E-state index in [0.717, 1.165) is 25.8 Å². The number of hydrogen-bond acceptors (Lipinski definition) is 4. The Bertz CT molecular complexity index is 330. The molecule has 1 N–H and O–H groups in total. The number of piperidine rings is 1.